The number of aliphatic hydroxyl groups is 1. The summed E-state index contributed by atoms with van der Waals surface area (Å²) in [6, 6.07) is 12.6. The maximum Gasteiger partial charge on any atom is 0.350 e. The van der Waals surface area contributed by atoms with E-state index in [4.69, 9.17) is 0 Å². The van der Waals surface area contributed by atoms with Gasteiger partial charge in [0.15, 0.2) is 5.65 Å². The Morgan fingerprint density at radius 3 is 2.88 bits per heavy atom. The van der Waals surface area contributed by atoms with Crippen LogP contribution in [0.4, 0.5) is 0 Å². The summed E-state index contributed by atoms with van der Waals surface area (Å²) in [5, 5.41) is 17.3. The lowest BCUT2D eigenvalue weighted by atomic mass is 10.1. The third-order valence-electron chi connectivity index (χ3n) is 4.56. The van der Waals surface area contributed by atoms with E-state index in [-0.39, 0.29) is 24.6 Å². The van der Waals surface area contributed by atoms with Crippen LogP contribution in [0.25, 0.3) is 5.65 Å². The molecule has 0 saturated carbocycles. The zero-order chi connectivity index (χ0) is 17.4. The van der Waals surface area contributed by atoms with E-state index in [0.29, 0.717) is 12.1 Å². The van der Waals surface area contributed by atoms with Crippen molar-refractivity contribution >= 4 is 11.6 Å². The van der Waals surface area contributed by atoms with Crippen LogP contribution in [0.5, 0.6) is 0 Å². The summed E-state index contributed by atoms with van der Waals surface area (Å²) in [6.07, 6.45) is 1.68. The lowest BCUT2D eigenvalue weighted by Crippen LogP contribution is -2.35. The van der Waals surface area contributed by atoms with Crippen LogP contribution in [0, 0.1) is 0 Å². The van der Waals surface area contributed by atoms with Crippen molar-refractivity contribution in [1.82, 2.24) is 19.5 Å². The average Bonchev–Trinajstić information content (AvgIpc) is 3.11. The minimum Gasteiger partial charge on any atom is -0.390 e. The molecule has 2 unspecified atom stereocenters. The monoisotopic (exact) mass is 338 g/mol. The number of aromatic nitrogens is 3. The maximum atomic E-state index is 12.3. The number of hydrogen-bond acceptors (Lipinski definition) is 4. The number of rotatable bonds is 4. The van der Waals surface area contributed by atoms with Crippen molar-refractivity contribution in [2.24, 2.45) is 0 Å². The number of aryl methyl sites for hydroxylation is 1. The predicted octanol–water partition coefficient (Wildman–Crippen LogP) is 0.661. The first-order valence-electron chi connectivity index (χ1n) is 8.23. The maximum absolute atomic E-state index is 12.3. The molecule has 7 nitrogen and oxygen atoms in total. The van der Waals surface area contributed by atoms with Gasteiger partial charge in [-0.25, -0.2) is 9.48 Å². The van der Waals surface area contributed by atoms with Crippen LogP contribution >= 0.6 is 0 Å². The molecule has 25 heavy (non-hydrogen) atoms. The minimum atomic E-state index is -0.626. The summed E-state index contributed by atoms with van der Waals surface area (Å²) in [6.45, 7) is 0.191. The van der Waals surface area contributed by atoms with Gasteiger partial charge in [0.2, 0.25) is 5.91 Å². The second-order valence-corrected chi connectivity index (χ2v) is 6.20. The third-order valence-corrected chi connectivity index (χ3v) is 4.56. The van der Waals surface area contributed by atoms with Crippen molar-refractivity contribution in [3.8, 4) is 0 Å². The molecule has 7 heteroatoms. The number of carbonyl (C=O) groups is 1. The number of benzene rings is 1. The van der Waals surface area contributed by atoms with E-state index < -0.39 is 12.1 Å². The van der Waals surface area contributed by atoms with Crippen LogP contribution < -0.4 is 11.0 Å². The molecule has 0 spiro atoms. The quantitative estimate of drug-likeness (QED) is 0.731. The summed E-state index contributed by atoms with van der Waals surface area (Å²) >= 11 is 0. The lowest BCUT2D eigenvalue weighted by Gasteiger charge is -2.17. The zero-order valence-corrected chi connectivity index (χ0v) is 13.5. The third kappa shape index (κ3) is 2.83. The SMILES string of the molecule is O=C(CCn1nc2ccccn2c1=O)NC1c2ccccc2CC1O. The molecule has 128 valence electrons. The van der Waals surface area contributed by atoms with Gasteiger partial charge in [0.05, 0.1) is 18.7 Å². The van der Waals surface area contributed by atoms with Crippen molar-refractivity contribution in [3.63, 3.8) is 0 Å². The highest BCUT2D eigenvalue weighted by molar-refractivity contribution is 5.76. The van der Waals surface area contributed by atoms with E-state index in [0.717, 1.165) is 11.1 Å². The number of hydrogen-bond donors (Lipinski definition) is 2. The fourth-order valence-corrected chi connectivity index (χ4v) is 3.31. The Labute approximate surface area is 143 Å². The van der Waals surface area contributed by atoms with Crippen LogP contribution in [0.1, 0.15) is 23.6 Å². The molecule has 0 saturated heterocycles. The smallest absolute Gasteiger partial charge is 0.350 e. The Bertz CT molecular complexity index is 991. The molecule has 2 aromatic heterocycles. The second-order valence-electron chi connectivity index (χ2n) is 6.20. The summed E-state index contributed by atoms with van der Waals surface area (Å²) in [5.74, 6) is -0.218. The van der Waals surface area contributed by atoms with E-state index in [1.807, 2.05) is 24.3 Å². The molecule has 0 bridgehead atoms. The number of amides is 1. The fourth-order valence-electron chi connectivity index (χ4n) is 3.31. The number of aliphatic hydroxyl groups excluding tert-OH is 1. The molecule has 1 aromatic carbocycles. The van der Waals surface area contributed by atoms with Gasteiger partial charge in [0, 0.05) is 19.0 Å². The molecule has 1 aliphatic rings. The van der Waals surface area contributed by atoms with Crippen molar-refractivity contribution in [2.45, 2.75) is 31.5 Å². The van der Waals surface area contributed by atoms with Gasteiger partial charge in [0.1, 0.15) is 0 Å². The summed E-state index contributed by atoms with van der Waals surface area (Å²) in [5.41, 5.74) is 2.29. The van der Waals surface area contributed by atoms with E-state index in [9.17, 15) is 14.7 Å². The van der Waals surface area contributed by atoms with Crippen LogP contribution in [0.15, 0.2) is 53.5 Å². The number of fused-ring (bicyclic) bond motifs is 2. The Kier molecular flexibility index (Phi) is 3.85. The lowest BCUT2D eigenvalue weighted by molar-refractivity contribution is -0.122. The van der Waals surface area contributed by atoms with E-state index in [1.54, 1.807) is 24.4 Å². The Morgan fingerprint density at radius 1 is 1.24 bits per heavy atom. The van der Waals surface area contributed by atoms with Crippen LogP contribution in [-0.4, -0.2) is 31.3 Å². The van der Waals surface area contributed by atoms with Crippen LogP contribution in [-0.2, 0) is 17.8 Å². The second kappa shape index (κ2) is 6.18. The molecule has 0 aliphatic heterocycles. The molecule has 2 heterocycles. The summed E-state index contributed by atoms with van der Waals surface area (Å²) in [4.78, 5) is 24.5. The van der Waals surface area contributed by atoms with Crippen molar-refractivity contribution in [1.29, 1.82) is 0 Å². The summed E-state index contributed by atoms with van der Waals surface area (Å²) < 4.78 is 2.73. The standard InChI is InChI=1S/C18H18N4O3/c23-14-11-12-5-1-2-6-13(12)17(14)19-16(24)8-10-22-18(25)21-9-4-3-7-15(21)20-22/h1-7,9,14,17,23H,8,10-11H2,(H,19,24). The van der Waals surface area contributed by atoms with Crippen molar-refractivity contribution < 1.29 is 9.90 Å². The van der Waals surface area contributed by atoms with E-state index in [2.05, 4.69) is 10.4 Å². The molecule has 3 aromatic rings. The molecular formula is C18H18N4O3. The predicted molar refractivity (Wildman–Crippen MR) is 91.1 cm³/mol. The average molecular weight is 338 g/mol. The summed E-state index contributed by atoms with van der Waals surface area (Å²) in [7, 11) is 0. The molecule has 0 radical (unpaired) electrons. The van der Waals surface area contributed by atoms with Gasteiger partial charge in [-0.2, -0.15) is 0 Å². The van der Waals surface area contributed by atoms with Gasteiger partial charge in [-0.3, -0.25) is 9.20 Å². The molecule has 2 atom stereocenters. The zero-order valence-electron chi connectivity index (χ0n) is 13.5. The van der Waals surface area contributed by atoms with Gasteiger partial charge in [-0.1, -0.05) is 30.3 Å². The number of nitrogens with one attached hydrogen (secondary N) is 1. The molecule has 1 amide bonds. The van der Waals surface area contributed by atoms with Crippen LogP contribution in [0.2, 0.25) is 0 Å². The minimum absolute atomic E-state index is 0.120. The van der Waals surface area contributed by atoms with E-state index in [1.165, 1.54) is 9.08 Å². The first-order valence-corrected chi connectivity index (χ1v) is 8.23. The topological polar surface area (TPSA) is 88.6 Å². The number of nitrogens with zero attached hydrogens (tertiary/aromatic N) is 3. The van der Waals surface area contributed by atoms with Crippen LogP contribution in [0.3, 0.4) is 0 Å². The van der Waals surface area contributed by atoms with Gasteiger partial charge >= 0.3 is 5.69 Å². The fraction of sp³-hybridized carbons (Fsp3) is 0.278. The highest BCUT2D eigenvalue weighted by Crippen LogP contribution is 2.31. The van der Waals surface area contributed by atoms with Gasteiger partial charge in [0.25, 0.3) is 0 Å². The van der Waals surface area contributed by atoms with Gasteiger partial charge in [-0.05, 0) is 23.3 Å². The number of pyridine rings is 1. The van der Waals surface area contributed by atoms with Gasteiger partial charge in [-0.15, -0.1) is 5.10 Å². The Hall–Kier alpha value is -2.93. The highest BCUT2D eigenvalue weighted by atomic mass is 16.3. The number of carbonyl (C=O) groups excluding carboxylic acids is 1. The van der Waals surface area contributed by atoms with E-state index >= 15 is 0 Å². The first-order chi connectivity index (χ1) is 12.1. The molecule has 0 fully saturated rings. The Balaban J connectivity index is 1.44. The molecule has 4 rings (SSSR count). The largest absolute Gasteiger partial charge is 0.390 e. The normalized spacial score (nSPS) is 19.1. The molecule has 1 aliphatic carbocycles. The molecule has 2 N–H and O–H groups in total. The first kappa shape index (κ1) is 15.6. The Morgan fingerprint density at radius 2 is 2.04 bits per heavy atom. The van der Waals surface area contributed by atoms with Crippen molar-refractivity contribution in [3.05, 3.63) is 70.3 Å². The van der Waals surface area contributed by atoms with Gasteiger partial charge < -0.3 is 10.4 Å². The highest BCUT2D eigenvalue weighted by Gasteiger charge is 2.31. The molecular weight excluding hydrogens is 320 g/mol. The van der Waals surface area contributed by atoms with Crippen molar-refractivity contribution in [2.75, 3.05) is 0 Å².